The van der Waals surface area contributed by atoms with Crippen molar-refractivity contribution in [3.63, 3.8) is 0 Å². The number of carbonyl (C=O) groups excluding carboxylic acids is 1. The second kappa shape index (κ2) is 6.46. The third kappa shape index (κ3) is 3.44. The third-order valence-electron chi connectivity index (χ3n) is 3.27. The monoisotopic (exact) mass is 305 g/mol. The molecule has 20 heavy (non-hydrogen) atoms. The quantitative estimate of drug-likeness (QED) is 0.802. The van der Waals surface area contributed by atoms with E-state index in [2.05, 4.69) is 37.9 Å². The summed E-state index contributed by atoms with van der Waals surface area (Å²) in [6.07, 6.45) is 0. The van der Waals surface area contributed by atoms with Gasteiger partial charge in [0, 0.05) is 15.3 Å². The highest BCUT2D eigenvalue weighted by Crippen LogP contribution is 2.26. The molecule has 0 radical (unpaired) electrons. The second-order valence-corrected chi connectivity index (χ2v) is 6.71. The molecule has 1 aromatic heterocycles. The van der Waals surface area contributed by atoms with Crippen LogP contribution in [0.4, 0.5) is 0 Å². The first-order valence-corrected chi connectivity index (χ1v) is 7.95. The van der Waals surface area contributed by atoms with Gasteiger partial charge >= 0.3 is 0 Å². The number of hydrogen-bond donors (Lipinski definition) is 2. The zero-order chi connectivity index (χ0) is 14.7. The minimum Gasteiger partial charge on any atom is -0.344 e. The molecule has 0 aliphatic carbocycles. The predicted octanol–water partition coefficient (Wildman–Crippen LogP) is 4.47. The summed E-state index contributed by atoms with van der Waals surface area (Å²) in [5.74, 6) is 0.308. The van der Waals surface area contributed by atoms with E-state index in [1.165, 1.54) is 4.88 Å². The van der Waals surface area contributed by atoms with E-state index in [9.17, 15) is 4.79 Å². The number of benzene rings is 1. The van der Waals surface area contributed by atoms with Gasteiger partial charge in [-0.05, 0) is 42.0 Å². The van der Waals surface area contributed by atoms with Crippen LogP contribution in [0.15, 0.2) is 40.6 Å². The van der Waals surface area contributed by atoms with Gasteiger partial charge < -0.3 is 5.32 Å². The summed E-state index contributed by atoms with van der Waals surface area (Å²) in [4.78, 5) is 14.5. The maximum atomic E-state index is 12.5. The fraction of sp³-hybridized carbons (Fsp3) is 0.312. The van der Waals surface area contributed by atoms with Gasteiger partial charge in [-0.1, -0.05) is 26.0 Å². The molecule has 2 aromatic rings. The molecule has 0 saturated heterocycles. The van der Waals surface area contributed by atoms with Crippen molar-refractivity contribution < 1.29 is 4.79 Å². The van der Waals surface area contributed by atoms with Gasteiger partial charge in [0.1, 0.15) is 0 Å². The van der Waals surface area contributed by atoms with Crippen LogP contribution in [0, 0.1) is 12.8 Å². The highest BCUT2D eigenvalue weighted by Gasteiger charge is 2.20. The van der Waals surface area contributed by atoms with Crippen molar-refractivity contribution in [2.45, 2.75) is 31.7 Å². The van der Waals surface area contributed by atoms with Gasteiger partial charge in [0.2, 0.25) is 0 Å². The zero-order valence-corrected chi connectivity index (χ0v) is 13.6. The van der Waals surface area contributed by atoms with E-state index in [-0.39, 0.29) is 11.9 Å². The highest BCUT2D eigenvalue weighted by molar-refractivity contribution is 7.80. The largest absolute Gasteiger partial charge is 0.344 e. The van der Waals surface area contributed by atoms with Crippen LogP contribution < -0.4 is 5.32 Å². The SMILES string of the molecule is Cc1ccc(S)cc1C(=O)NC(c1cccs1)C(C)C. The Labute approximate surface area is 129 Å². The van der Waals surface area contributed by atoms with E-state index in [0.717, 1.165) is 10.5 Å². The Hall–Kier alpha value is -1.26. The van der Waals surface area contributed by atoms with Gasteiger partial charge in [0.15, 0.2) is 0 Å². The van der Waals surface area contributed by atoms with E-state index in [4.69, 9.17) is 0 Å². The summed E-state index contributed by atoms with van der Waals surface area (Å²) >= 11 is 5.98. The molecule has 1 N–H and O–H groups in total. The number of carbonyl (C=O) groups is 1. The van der Waals surface area contributed by atoms with Crippen LogP contribution in [-0.4, -0.2) is 5.91 Å². The lowest BCUT2D eigenvalue weighted by Crippen LogP contribution is -2.31. The molecule has 1 heterocycles. The van der Waals surface area contributed by atoms with Gasteiger partial charge in [-0.3, -0.25) is 4.79 Å². The van der Waals surface area contributed by atoms with E-state index in [0.29, 0.717) is 11.5 Å². The summed E-state index contributed by atoms with van der Waals surface area (Å²) in [7, 11) is 0. The van der Waals surface area contributed by atoms with Crippen molar-refractivity contribution in [1.82, 2.24) is 5.32 Å². The number of nitrogens with one attached hydrogen (secondary N) is 1. The highest BCUT2D eigenvalue weighted by atomic mass is 32.1. The molecule has 106 valence electrons. The molecule has 0 spiro atoms. The van der Waals surface area contributed by atoms with Crippen LogP contribution in [0.2, 0.25) is 0 Å². The van der Waals surface area contributed by atoms with Gasteiger partial charge in [-0.15, -0.1) is 24.0 Å². The number of aryl methyl sites for hydroxylation is 1. The van der Waals surface area contributed by atoms with Crippen LogP contribution >= 0.6 is 24.0 Å². The van der Waals surface area contributed by atoms with Crippen LogP contribution in [0.1, 0.15) is 40.7 Å². The van der Waals surface area contributed by atoms with E-state index < -0.39 is 0 Å². The number of hydrogen-bond acceptors (Lipinski definition) is 3. The Morgan fingerprint density at radius 3 is 2.65 bits per heavy atom. The van der Waals surface area contributed by atoms with Crippen molar-refractivity contribution in [2.75, 3.05) is 0 Å². The van der Waals surface area contributed by atoms with Gasteiger partial charge in [-0.2, -0.15) is 0 Å². The molecule has 0 aliphatic heterocycles. The fourth-order valence-electron chi connectivity index (χ4n) is 2.11. The first kappa shape index (κ1) is 15.1. The zero-order valence-electron chi connectivity index (χ0n) is 11.9. The summed E-state index contributed by atoms with van der Waals surface area (Å²) in [5.41, 5.74) is 1.66. The number of amides is 1. The molecule has 2 nitrogen and oxygen atoms in total. The molecule has 0 aliphatic rings. The molecular formula is C16H19NOS2. The normalized spacial score (nSPS) is 12.4. The first-order chi connectivity index (χ1) is 9.49. The van der Waals surface area contributed by atoms with Gasteiger partial charge in [0.25, 0.3) is 5.91 Å². The maximum absolute atomic E-state index is 12.5. The summed E-state index contributed by atoms with van der Waals surface area (Å²) in [6.45, 7) is 6.18. The molecule has 0 bridgehead atoms. The van der Waals surface area contributed by atoms with Crippen LogP contribution in [-0.2, 0) is 0 Å². The third-order valence-corrected chi connectivity index (χ3v) is 4.50. The van der Waals surface area contributed by atoms with Crippen molar-refractivity contribution in [2.24, 2.45) is 5.92 Å². The van der Waals surface area contributed by atoms with Crippen molar-refractivity contribution >= 4 is 29.9 Å². The van der Waals surface area contributed by atoms with Crippen molar-refractivity contribution in [3.05, 3.63) is 51.7 Å². The lowest BCUT2D eigenvalue weighted by molar-refractivity contribution is 0.0925. The predicted molar refractivity (Wildman–Crippen MR) is 87.8 cm³/mol. The second-order valence-electron chi connectivity index (χ2n) is 5.21. The van der Waals surface area contributed by atoms with Crippen LogP contribution in [0.5, 0.6) is 0 Å². The summed E-state index contributed by atoms with van der Waals surface area (Å²) in [5, 5.41) is 5.18. The minimum absolute atomic E-state index is 0.0366. The molecule has 0 saturated carbocycles. The fourth-order valence-corrected chi connectivity index (χ4v) is 3.26. The van der Waals surface area contributed by atoms with E-state index >= 15 is 0 Å². The molecule has 1 unspecified atom stereocenters. The Morgan fingerprint density at radius 1 is 1.30 bits per heavy atom. The van der Waals surface area contributed by atoms with Gasteiger partial charge in [-0.25, -0.2) is 0 Å². The molecule has 4 heteroatoms. The lowest BCUT2D eigenvalue weighted by Gasteiger charge is -2.22. The maximum Gasteiger partial charge on any atom is 0.252 e. The Balaban J connectivity index is 2.23. The topological polar surface area (TPSA) is 29.1 Å². The van der Waals surface area contributed by atoms with Crippen molar-refractivity contribution in [1.29, 1.82) is 0 Å². The molecule has 1 amide bonds. The lowest BCUT2D eigenvalue weighted by atomic mass is 10.0. The summed E-state index contributed by atoms with van der Waals surface area (Å²) < 4.78 is 0. The average molecular weight is 305 g/mol. The summed E-state index contributed by atoms with van der Waals surface area (Å²) in [6, 6.07) is 9.77. The Morgan fingerprint density at radius 2 is 2.05 bits per heavy atom. The Kier molecular flexibility index (Phi) is 4.89. The molecule has 0 fully saturated rings. The van der Waals surface area contributed by atoms with Crippen LogP contribution in [0.25, 0.3) is 0 Å². The molecular weight excluding hydrogens is 286 g/mol. The number of rotatable bonds is 4. The molecule has 1 atom stereocenters. The minimum atomic E-state index is -0.0366. The molecule has 2 rings (SSSR count). The van der Waals surface area contributed by atoms with Gasteiger partial charge in [0.05, 0.1) is 6.04 Å². The Bertz CT molecular complexity index is 591. The average Bonchev–Trinajstić information content (AvgIpc) is 2.91. The number of thiophene rings is 1. The molecule has 1 aromatic carbocycles. The number of thiol groups is 1. The smallest absolute Gasteiger partial charge is 0.252 e. The van der Waals surface area contributed by atoms with E-state index in [1.807, 2.05) is 36.6 Å². The standard InChI is InChI=1S/C16H19NOS2/c1-10(2)15(14-5-4-8-20-14)17-16(18)13-9-12(19)7-6-11(13)3/h4-10,15,19H,1-3H3,(H,17,18). The van der Waals surface area contributed by atoms with Crippen molar-refractivity contribution in [3.8, 4) is 0 Å². The first-order valence-electron chi connectivity index (χ1n) is 6.63. The van der Waals surface area contributed by atoms with Crippen LogP contribution in [0.3, 0.4) is 0 Å². The van der Waals surface area contributed by atoms with E-state index in [1.54, 1.807) is 11.3 Å².